The molecule has 3 fully saturated rings. The minimum Gasteiger partial charge on any atom is -0.442 e. The summed E-state index contributed by atoms with van der Waals surface area (Å²) in [6, 6.07) is 0. The van der Waals surface area contributed by atoms with E-state index in [1.807, 2.05) is 19.9 Å². The molecule has 1 N–H and O–H groups in total. The minimum absolute atomic E-state index is 0.0785. The number of carbonyl (C=O) groups excluding carboxylic acids is 3. The van der Waals surface area contributed by atoms with Crippen LogP contribution in [-0.2, 0) is 14.3 Å². The summed E-state index contributed by atoms with van der Waals surface area (Å²) in [6.07, 6.45) is 10.7. The molecular weight excluding hydrogens is 402 g/mol. The second-order valence-electron chi connectivity index (χ2n) is 11.7. The van der Waals surface area contributed by atoms with Crippen molar-refractivity contribution in [3.8, 4) is 0 Å². The maximum absolute atomic E-state index is 13.2. The average molecular weight is 442 g/mol. The van der Waals surface area contributed by atoms with E-state index in [4.69, 9.17) is 4.74 Å². The lowest BCUT2D eigenvalue weighted by molar-refractivity contribution is -0.140. The zero-order valence-electron chi connectivity index (χ0n) is 20.5. The Morgan fingerprint density at radius 3 is 2.50 bits per heavy atom. The van der Waals surface area contributed by atoms with Gasteiger partial charge in [0, 0.05) is 28.4 Å². The van der Waals surface area contributed by atoms with Gasteiger partial charge in [-0.1, -0.05) is 33.8 Å². The lowest BCUT2D eigenvalue weighted by atomic mass is 9.47. The van der Waals surface area contributed by atoms with Gasteiger partial charge < -0.3 is 10.1 Å². The minimum atomic E-state index is -0.505. The summed E-state index contributed by atoms with van der Waals surface area (Å²) in [5.74, 6) is 0.975. The van der Waals surface area contributed by atoms with Gasteiger partial charge in [0.1, 0.15) is 5.60 Å². The third-order valence-corrected chi connectivity index (χ3v) is 9.86. The molecule has 0 heterocycles. The highest BCUT2D eigenvalue weighted by atomic mass is 16.6. The van der Waals surface area contributed by atoms with Gasteiger partial charge in [0.2, 0.25) is 0 Å². The molecule has 0 saturated heterocycles. The number of Topliss-reactive ketones (excluding diaryl/α,β-unsaturated/α-hetero) is 1. The van der Waals surface area contributed by atoms with Gasteiger partial charge in [-0.3, -0.25) is 9.59 Å². The van der Waals surface area contributed by atoms with Crippen LogP contribution in [0, 0.1) is 28.6 Å². The van der Waals surface area contributed by atoms with Gasteiger partial charge in [-0.05, 0) is 82.3 Å². The quantitative estimate of drug-likeness (QED) is 0.622. The Hall–Kier alpha value is -1.91. The molecule has 4 rings (SSSR count). The number of ketones is 2. The number of hydrogen-bond acceptors (Lipinski definition) is 4. The van der Waals surface area contributed by atoms with Gasteiger partial charge in [-0.15, -0.1) is 0 Å². The smallest absolute Gasteiger partial charge is 0.408 e. The van der Waals surface area contributed by atoms with E-state index in [-0.39, 0.29) is 39.9 Å². The number of allylic oxidation sites excluding steroid dienone is 4. The third kappa shape index (κ3) is 3.30. The van der Waals surface area contributed by atoms with E-state index >= 15 is 0 Å². The number of rotatable bonds is 4. The molecule has 0 aromatic rings. The molecule has 3 unspecified atom stereocenters. The monoisotopic (exact) mass is 441 g/mol. The van der Waals surface area contributed by atoms with Gasteiger partial charge in [0.05, 0.1) is 0 Å². The second-order valence-corrected chi connectivity index (χ2v) is 11.7. The number of amides is 1. The summed E-state index contributed by atoms with van der Waals surface area (Å²) >= 11 is 0. The van der Waals surface area contributed by atoms with Gasteiger partial charge in [-0.25, -0.2) is 4.79 Å². The van der Waals surface area contributed by atoms with Crippen molar-refractivity contribution in [3.05, 3.63) is 23.8 Å². The molecule has 176 valence electrons. The molecular formula is C27H39NO4. The number of carbonyl (C=O) groups is 3. The molecule has 0 aromatic carbocycles. The van der Waals surface area contributed by atoms with Crippen molar-refractivity contribution < 1.29 is 19.1 Å². The van der Waals surface area contributed by atoms with Crippen molar-refractivity contribution in [1.29, 1.82) is 0 Å². The van der Waals surface area contributed by atoms with E-state index in [0.717, 1.165) is 38.5 Å². The third-order valence-electron chi connectivity index (χ3n) is 9.86. The number of ether oxygens (including phenoxy) is 1. The molecule has 0 aromatic heterocycles. The van der Waals surface area contributed by atoms with Crippen LogP contribution in [0.25, 0.3) is 0 Å². The van der Waals surface area contributed by atoms with Crippen molar-refractivity contribution in [2.24, 2.45) is 28.6 Å². The molecule has 1 amide bonds. The first-order valence-electron chi connectivity index (χ1n) is 12.4. The molecule has 5 nitrogen and oxygen atoms in total. The highest BCUT2D eigenvalue weighted by Crippen LogP contribution is 2.67. The molecule has 6 atom stereocenters. The number of nitrogens with one attached hydrogen (secondary N) is 1. The van der Waals surface area contributed by atoms with Gasteiger partial charge in [-0.2, -0.15) is 0 Å². The first-order chi connectivity index (χ1) is 14.9. The molecule has 5 heteroatoms. The van der Waals surface area contributed by atoms with Crippen molar-refractivity contribution in [2.75, 3.05) is 0 Å². The van der Waals surface area contributed by atoms with Crippen LogP contribution in [-0.4, -0.2) is 28.8 Å². The summed E-state index contributed by atoms with van der Waals surface area (Å²) in [7, 11) is 0. The largest absolute Gasteiger partial charge is 0.442 e. The van der Waals surface area contributed by atoms with Crippen molar-refractivity contribution in [1.82, 2.24) is 5.32 Å². The number of hydrogen-bond donors (Lipinski definition) is 1. The first kappa shape index (κ1) is 23.3. The van der Waals surface area contributed by atoms with E-state index < -0.39 is 5.60 Å². The number of alkyl carbamates (subject to hydrolysis) is 1. The zero-order chi connectivity index (χ0) is 23.5. The summed E-state index contributed by atoms with van der Waals surface area (Å²) in [6.45, 7) is 12.6. The lowest BCUT2D eigenvalue weighted by Crippen LogP contribution is -2.57. The molecule has 3 saturated carbocycles. The topological polar surface area (TPSA) is 72.5 Å². The standard InChI is InChI=1S/C27H39NO4/c1-7-24(3,4)28-23(31)32-27(8-2)14-11-20-18-16-22(30)21-15-17(29)9-12-25(21,5)19(18)10-13-26(20,27)6/h9,12,15,18-20H,7-8,10-11,13-14,16H2,1-6H3,(H,28,31)/t18?,19?,20?,25-,26+,27+/m1/s1. The second kappa shape index (κ2) is 7.56. The maximum Gasteiger partial charge on any atom is 0.408 e. The van der Waals surface area contributed by atoms with E-state index in [0.29, 0.717) is 23.8 Å². The molecule has 0 aliphatic heterocycles. The molecule has 32 heavy (non-hydrogen) atoms. The molecule has 4 aliphatic rings. The van der Waals surface area contributed by atoms with Gasteiger partial charge >= 0.3 is 6.09 Å². The Morgan fingerprint density at radius 2 is 1.84 bits per heavy atom. The predicted octanol–water partition coefficient (Wildman–Crippen LogP) is 5.54. The summed E-state index contributed by atoms with van der Waals surface area (Å²) in [4.78, 5) is 38.1. The van der Waals surface area contributed by atoms with Crippen LogP contribution in [0.15, 0.2) is 23.8 Å². The van der Waals surface area contributed by atoms with Crippen molar-refractivity contribution >= 4 is 17.7 Å². The van der Waals surface area contributed by atoms with Crippen molar-refractivity contribution in [2.45, 2.75) is 97.6 Å². The highest BCUT2D eigenvalue weighted by molar-refractivity contribution is 6.10. The van der Waals surface area contributed by atoms with Crippen LogP contribution in [0.4, 0.5) is 4.79 Å². The van der Waals surface area contributed by atoms with Crippen molar-refractivity contribution in [3.63, 3.8) is 0 Å². The SMILES string of the molecule is CCC(C)(C)NC(=O)O[C@@]1(CC)CCC2C3CC(=O)C4=CC(=O)C=C[C@]4(C)C3CC[C@@]21C. The Kier molecular flexibility index (Phi) is 5.50. The highest BCUT2D eigenvalue weighted by Gasteiger charge is 2.66. The van der Waals surface area contributed by atoms with Crippen LogP contribution in [0.3, 0.4) is 0 Å². The fourth-order valence-corrected chi connectivity index (χ4v) is 7.52. The van der Waals surface area contributed by atoms with Crippen LogP contribution < -0.4 is 5.32 Å². The zero-order valence-corrected chi connectivity index (χ0v) is 20.5. The summed E-state index contributed by atoms with van der Waals surface area (Å²) < 4.78 is 6.31. The van der Waals surface area contributed by atoms with E-state index in [1.54, 1.807) is 12.2 Å². The van der Waals surface area contributed by atoms with Crippen LogP contribution >= 0.6 is 0 Å². The summed E-state index contributed by atoms with van der Waals surface area (Å²) in [5, 5.41) is 3.05. The Labute approximate surface area is 192 Å². The van der Waals surface area contributed by atoms with Gasteiger partial charge in [0.25, 0.3) is 0 Å². The fraction of sp³-hybridized carbons (Fsp3) is 0.741. The van der Waals surface area contributed by atoms with Crippen LogP contribution in [0.5, 0.6) is 0 Å². The van der Waals surface area contributed by atoms with Crippen LogP contribution in [0.2, 0.25) is 0 Å². The number of fused-ring (bicyclic) bond motifs is 5. The lowest BCUT2D eigenvalue weighted by Gasteiger charge is -2.58. The van der Waals surface area contributed by atoms with E-state index in [2.05, 4.69) is 33.0 Å². The Balaban J connectivity index is 1.63. The fourth-order valence-electron chi connectivity index (χ4n) is 7.52. The van der Waals surface area contributed by atoms with Gasteiger partial charge in [0.15, 0.2) is 11.6 Å². The average Bonchev–Trinajstić information content (AvgIpc) is 3.02. The normalized spacial score (nSPS) is 40.8. The molecule has 0 radical (unpaired) electrons. The Bertz CT molecular complexity index is 901. The predicted molar refractivity (Wildman–Crippen MR) is 124 cm³/mol. The van der Waals surface area contributed by atoms with E-state index in [9.17, 15) is 14.4 Å². The molecule has 0 spiro atoms. The Morgan fingerprint density at radius 1 is 1.16 bits per heavy atom. The molecule has 4 aliphatic carbocycles. The first-order valence-corrected chi connectivity index (χ1v) is 12.4. The maximum atomic E-state index is 13.2. The van der Waals surface area contributed by atoms with E-state index in [1.165, 1.54) is 0 Å². The summed E-state index contributed by atoms with van der Waals surface area (Å²) in [5.41, 5.74) is -0.624. The van der Waals surface area contributed by atoms with Crippen LogP contribution in [0.1, 0.15) is 86.5 Å². The molecule has 0 bridgehead atoms.